The van der Waals surface area contributed by atoms with E-state index in [0.717, 1.165) is 23.0 Å². The van der Waals surface area contributed by atoms with Gasteiger partial charge in [-0.05, 0) is 34.9 Å². The topological polar surface area (TPSA) is 34.9 Å². The predicted octanol–water partition coefficient (Wildman–Crippen LogP) is 6.34. The highest BCUT2D eigenvalue weighted by atomic mass is 19.1. The van der Waals surface area contributed by atoms with Gasteiger partial charge in [-0.1, -0.05) is 91.0 Å². The fourth-order valence-corrected chi connectivity index (χ4v) is 4.48. The summed E-state index contributed by atoms with van der Waals surface area (Å²) in [5.41, 5.74) is 3.84. The zero-order chi connectivity index (χ0) is 22.7. The molecule has 0 radical (unpaired) electrons. The largest absolute Gasteiger partial charge is 0.318 e. The Kier molecular flexibility index (Phi) is 5.41. The molecule has 4 heteroatoms. The van der Waals surface area contributed by atoms with Gasteiger partial charge in [-0.2, -0.15) is 0 Å². The molecule has 0 unspecified atom stereocenters. The summed E-state index contributed by atoms with van der Waals surface area (Å²) in [6.07, 6.45) is 4.36. The highest BCUT2D eigenvalue weighted by Crippen LogP contribution is 2.41. The molecule has 5 rings (SSSR count). The average molecular weight is 432 g/mol. The van der Waals surface area contributed by atoms with E-state index in [4.69, 9.17) is 0 Å². The van der Waals surface area contributed by atoms with E-state index < -0.39 is 11.4 Å². The normalized spacial score (nSPS) is 11.3. The molecule has 0 aliphatic carbocycles. The molecule has 0 fully saturated rings. The summed E-state index contributed by atoms with van der Waals surface area (Å²) in [5.74, 6) is -0.411. The van der Waals surface area contributed by atoms with Gasteiger partial charge >= 0.3 is 0 Å². The summed E-state index contributed by atoms with van der Waals surface area (Å²) in [5, 5.41) is 0. The Bertz CT molecular complexity index is 1280. The van der Waals surface area contributed by atoms with Gasteiger partial charge in [0.15, 0.2) is 6.29 Å². The molecule has 1 aromatic heterocycles. The predicted molar refractivity (Wildman–Crippen MR) is 128 cm³/mol. The molecule has 1 heterocycles. The van der Waals surface area contributed by atoms with Crippen molar-refractivity contribution >= 4 is 6.29 Å². The van der Waals surface area contributed by atoms with Crippen LogP contribution in [0, 0.1) is 5.82 Å². The Hall–Kier alpha value is -4.31. The van der Waals surface area contributed by atoms with E-state index in [1.807, 2.05) is 65.4 Å². The zero-order valence-corrected chi connectivity index (χ0v) is 17.8. The number of hydrogen-bond acceptors (Lipinski definition) is 2. The van der Waals surface area contributed by atoms with E-state index in [1.54, 1.807) is 6.33 Å². The van der Waals surface area contributed by atoms with Crippen LogP contribution in [-0.2, 0) is 5.54 Å². The van der Waals surface area contributed by atoms with Gasteiger partial charge in [0.2, 0.25) is 0 Å². The molecule has 3 nitrogen and oxygen atoms in total. The Balaban J connectivity index is 1.82. The van der Waals surface area contributed by atoms with Crippen LogP contribution in [0.3, 0.4) is 0 Å². The molecule has 0 aliphatic rings. The summed E-state index contributed by atoms with van der Waals surface area (Å²) in [4.78, 5) is 16.2. The van der Waals surface area contributed by atoms with Crippen LogP contribution in [0.2, 0.25) is 0 Å². The van der Waals surface area contributed by atoms with Crippen molar-refractivity contribution in [2.45, 2.75) is 5.54 Å². The Morgan fingerprint density at radius 2 is 1.24 bits per heavy atom. The minimum atomic E-state index is -0.719. The molecule has 0 amide bonds. The molecule has 160 valence electrons. The minimum Gasteiger partial charge on any atom is -0.318 e. The van der Waals surface area contributed by atoms with E-state index >= 15 is 0 Å². The van der Waals surface area contributed by atoms with Gasteiger partial charge in [0.05, 0.1) is 12.0 Å². The quantitative estimate of drug-likeness (QED) is 0.232. The van der Waals surface area contributed by atoms with E-state index in [9.17, 15) is 9.18 Å². The lowest BCUT2D eigenvalue weighted by atomic mass is 9.77. The van der Waals surface area contributed by atoms with Crippen molar-refractivity contribution in [1.29, 1.82) is 0 Å². The first-order chi connectivity index (χ1) is 16.2. The lowest BCUT2D eigenvalue weighted by molar-refractivity contribution is 0.112. The number of benzene rings is 4. The van der Waals surface area contributed by atoms with Crippen LogP contribution >= 0.6 is 0 Å². The number of halogens is 1. The fraction of sp³-hybridized carbons (Fsp3) is 0.0345. The summed E-state index contributed by atoms with van der Waals surface area (Å²) in [7, 11) is 0. The van der Waals surface area contributed by atoms with Crippen LogP contribution in [0.4, 0.5) is 4.39 Å². The molecule has 0 N–H and O–H groups in total. The molecular weight excluding hydrogens is 411 g/mol. The Morgan fingerprint density at radius 1 is 0.727 bits per heavy atom. The third-order valence-corrected chi connectivity index (χ3v) is 5.96. The van der Waals surface area contributed by atoms with Crippen LogP contribution in [-0.4, -0.2) is 15.8 Å². The smallest absolute Gasteiger partial charge is 0.150 e. The maximum atomic E-state index is 14.1. The van der Waals surface area contributed by atoms with Gasteiger partial charge in [-0.15, -0.1) is 0 Å². The zero-order valence-electron chi connectivity index (χ0n) is 17.8. The van der Waals surface area contributed by atoms with E-state index in [2.05, 4.69) is 41.4 Å². The first-order valence-electron chi connectivity index (χ1n) is 10.7. The van der Waals surface area contributed by atoms with Crippen molar-refractivity contribution in [3.63, 3.8) is 0 Å². The number of rotatable bonds is 6. The molecule has 4 aromatic carbocycles. The third kappa shape index (κ3) is 3.56. The molecule has 0 aliphatic heterocycles. The summed E-state index contributed by atoms with van der Waals surface area (Å²) >= 11 is 0. The molecule has 0 saturated carbocycles. The lowest BCUT2D eigenvalue weighted by Crippen LogP contribution is -2.36. The minimum absolute atomic E-state index is 0.395. The van der Waals surface area contributed by atoms with Crippen LogP contribution in [0.15, 0.2) is 122 Å². The van der Waals surface area contributed by atoms with Crippen LogP contribution in [0.25, 0.3) is 11.3 Å². The highest BCUT2D eigenvalue weighted by Gasteiger charge is 2.38. The van der Waals surface area contributed by atoms with Gasteiger partial charge in [0, 0.05) is 17.3 Å². The van der Waals surface area contributed by atoms with Gasteiger partial charge < -0.3 is 4.57 Å². The number of imidazole rings is 1. The first kappa shape index (κ1) is 20.6. The second-order valence-electron chi connectivity index (χ2n) is 7.82. The van der Waals surface area contributed by atoms with Crippen molar-refractivity contribution in [2.75, 3.05) is 0 Å². The summed E-state index contributed by atoms with van der Waals surface area (Å²) < 4.78 is 16.1. The number of nitrogens with zero attached hydrogens (tertiary/aromatic N) is 2. The Morgan fingerprint density at radius 3 is 1.73 bits per heavy atom. The van der Waals surface area contributed by atoms with Crippen molar-refractivity contribution < 1.29 is 9.18 Å². The van der Waals surface area contributed by atoms with E-state index in [-0.39, 0.29) is 0 Å². The molecule has 0 saturated heterocycles. The average Bonchev–Trinajstić information content (AvgIpc) is 3.37. The van der Waals surface area contributed by atoms with Crippen molar-refractivity contribution in [2.24, 2.45) is 0 Å². The van der Waals surface area contributed by atoms with Gasteiger partial charge in [-0.3, -0.25) is 4.79 Å². The third-order valence-electron chi connectivity index (χ3n) is 5.96. The van der Waals surface area contributed by atoms with E-state index in [1.165, 1.54) is 18.2 Å². The summed E-state index contributed by atoms with van der Waals surface area (Å²) in [6, 6.07) is 34.8. The molecule has 0 atom stereocenters. The van der Waals surface area contributed by atoms with Gasteiger partial charge in [0.1, 0.15) is 11.4 Å². The molecule has 33 heavy (non-hydrogen) atoms. The maximum Gasteiger partial charge on any atom is 0.150 e. The molecular formula is C29H21FN2O. The fourth-order valence-electron chi connectivity index (χ4n) is 4.48. The molecule has 0 spiro atoms. The SMILES string of the molecule is O=Cc1ccc(F)cc1-c1cn(C(c2ccccc2)(c2ccccc2)c2ccccc2)cn1. The number of carbonyl (C=O) groups excluding carboxylic acids is 1. The monoisotopic (exact) mass is 432 g/mol. The number of hydrogen-bond donors (Lipinski definition) is 0. The number of carbonyl (C=O) groups is 1. The lowest BCUT2D eigenvalue weighted by Gasteiger charge is -2.37. The number of aromatic nitrogens is 2. The molecule has 5 aromatic rings. The van der Waals surface area contributed by atoms with Crippen LogP contribution < -0.4 is 0 Å². The highest BCUT2D eigenvalue weighted by molar-refractivity contribution is 5.86. The van der Waals surface area contributed by atoms with Crippen LogP contribution in [0.1, 0.15) is 27.0 Å². The second kappa shape index (κ2) is 8.67. The first-order valence-corrected chi connectivity index (χ1v) is 10.7. The Labute approximate surface area is 191 Å². The van der Waals surface area contributed by atoms with Gasteiger partial charge in [-0.25, -0.2) is 9.37 Å². The number of aldehydes is 1. The van der Waals surface area contributed by atoms with Gasteiger partial charge in [0.25, 0.3) is 0 Å². The van der Waals surface area contributed by atoms with E-state index in [0.29, 0.717) is 16.8 Å². The van der Waals surface area contributed by atoms with Crippen molar-refractivity contribution in [3.8, 4) is 11.3 Å². The van der Waals surface area contributed by atoms with Crippen molar-refractivity contribution in [1.82, 2.24) is 9.55 Å². The standard InChI is InChI=1S/C29H21FN2O/c30-26-17-16-22(20-33)27(18-26)28-19-32(21-31-28)29(23-10-4-1-5-11-23,24-12-6-2-7-13-24)25-14-8-3-9-15-25/h1-21H. The van der Waals surface area contributed by atoms with Crippen LogP contribution in [0.5, 0.6) is 0 Å². The maximum absolute atomic E-state index is 14.1. The second-order valence-corrected chi connectivity index (χ2v) is 7.82. The molecule has 0 bridgehead atoms. The van der Waals surface area contributed by atoms with Crippen molar-refractivity contribution in [3.05, 3.63) is 150 Å². The summed E-state index contributed by atoms with van der Waals surface area (Å²) in [6.45, 7) is 0.